The first-order valence-electron chi connectivity index (χ1n) is 6.05. The lowest BCUT2D eigenvalue weighted by Crippen LogP contribution is -2.00. The third-order valence-corrected chi connectivity index (χ3v) is 3.16. The van der Waals surface area contributed by atoms with E-state index in [0.29, 0.717) is 22.5 Å². The van der Waals surface area contributed by atoms with Crippen molar-refractivity contribution < 1.29 is 14.3 Å². The molecule has 100 valence electrons. The average Bonchev–Trinajstić information content (AvgIpc) is 2.74. The lowest BCUT2D eigenvalue weighted by atomic mass is 10.2. The first-order chi connectivity index (χ1) is 9.58. The Hall–Kier alpha value is -2.69. The zero-order chi connectivity index (χ0) is 14.3. The highest BCUT2D eigenvalue weighted by Crippen LogP contribution is 2.23. The molecule has 1 aromatic heterocycles. The van der Waals surface area contributed by atoms with Gasteiger partial charge in [-0.2, -0.15) is 0 Å². The first kappa shape index (κ1) is 12.3. The highest BCUT2D eigenvalue weighted by Gasteiger charge is 2.14. The smallest absolute Gasteiger partial charge is 0.335 e. The maximum absolute atomic E-state index is 13.9. The van der Waals surface area contributed by atoms with Gasteiger partial charge in [0.25, 0.3) is 0 Å². The maximum atomic E-state index is 13.9. The quantitative estimate of drug-likeness (QED) is 0.778. The van der Waals surface area contributed by atoms with E-state index in [4.69, 9.17) is 5.11 Å². The molecule has 0 saturated heterocycles. The molecule has 1 heterocycles. The predicted octanol–water partition coefficient (Wildman–Crippen LogP) is 3.17. The summed E-state index contributed by atoms with van der Waals surface area (Å²) in [6.07, 6.45) is 0. The van der Waals surface area contributed by atoms with Gasteiger partial charge in [-0.3, -0.25) is 4.57 Å². The van der Waals surface area contributed by atoms with Crippen molar-refractivity contribution in [3.63, 3.8) is 0 Å². The van der Waals surface area contributed by atoms with E-state index in [9.17, 15) is 9.18 Å². The molecule has 0 fully saturated rings. The Balaban J connectivity index is 2.29. The molecular weight excluding hydrogens is 259 g/mol. The van der Waals surface area contributed by atoms with Crippen molar-refractivity contribution in [3.05, 3.63) is 59.7 Å². The molecule has 0 atom stereocenters. The molecule has 3 rings (SSSR count). The molecule has 0 unspecified atom stereocenters. The molecule has 1 N–H and O–H groups in total. The van der Waals surface area contributed by atoms with Gasteiger partial charge in [-0.1, -0.05) is 12.1 Å². The predicted molar refractivity (Wildman–Crippen MR) is 72.7 cm³/mol. The Bertz CT molecular complexity index is 824. The molecule has 2 aromatic carbocycles. The Morgan fingerprint density at radius 3 is 2.70 bits per heavy atom. The second-order valence-corrected chi connectivity index (χ2v) is 4.45. The van der Waals surface area contributed by atoms with Crippen molar-refractivity contribution in [2.24, 2.45) is 0 Å². The lowest BCUT2D eigenvalue weighted by Gasteiger charge is -2.07. The first-order valence-corrected chi connectivity index (χ1v) is 6.05. The van der Waals surface area contributed by atoms with Crippen molar-refractivity contribution in [3.8, 4) is 5.69 Å². The van der Waals surface area contributed by atoms with Gasteiger partial charge in [-0.25, -0.2) is 14.2 Å². The number of aryl methyl sites for hydroxylation is 1. The Morgan fingerprint density at radius 2 is 2.00 bits per heavy atom. The van der Waals surface area contributed by atoms with E-state index in [1.807, 2.05) is 0 Å². The number of aromatic carboxylic acids is 1. The molecule has 0 bridgehead atoms. The zero-order valence-corrected chi connectivity index (χ0v) is 10.7. The molecule has 0 radical (unpaired) electrons. The molecule has 0 amide bonds. The molecule has 3 aromatic rings. The number of carboxylic acids is 1. The van der Waals surface area contributed by atoms with Crippen LogP contribution in [0.25, 0.3) is 16.7 Å². The molecule has 0 saturated carbocycles. The van der Waals surface area contributed by atoms with E-state index in [0.717, 1.165) is 0 Å². The van der Waals surface area contributed by atoms with Crippen molar-refractivity contribution in [2.45, 2.75) is 6.92 Å². The fourth-order valence-electron chi connectivity index (χ4n) is 2.27. The second kappa shape index (κ2) is 4.45. The minimum atomic E-state index is -1.01. The number of rotatable bonds is 2. The summed E-state index contributed by atoms with van der Waals surface area (Å²) >= 11 is 0. The van der Waals surface area contributed by atoms with Crippen LogP contribution >= 0.6 is 0 Å². The van der Waals surface area contributed by atoms with E-state index in [1.54, 1.807) is 35.8 Å². The van der Waals surface area contributed by atoms with Gasteiger partial charge in [0.15, 0.2) is 0 Å². The van der Waals surface area contributed by atoms with Crippen molar-refractivity contribution >= 4 is 17.0 Å². The number of aromatic nitrogens is 2. The number of benzene rings is 2. The number of para-hydroxylation sites is 1. The van der Waals surface area contributed by atoms with Gasteiger partial charge in [-0.05, 0) is 37.3 Å². The van der Waals surface area contributed by atoms with Crippen LogP contribution in [0.5, 0.6) is 0 Å². The number of hydrogen-bond acceptors (Lipinski definition) is 2. The van der Waals surface area contributed by atoms with Crippen LogP contribution in [0.1, 0.15) is 16.2 Å². The SMILES string of the molecule is Cc1nc2cc(C(=O)O)ccc2n1-c1ccccc1F. The standard InChI is InChI=1S/C15H11FN2O2/c1-9-17-12-8-10(15(19)20)6-7-14(12)18(9)13-5-3-2-4-11(13)16/h2-8H,1H3,(H,19,20). The van der Waals surface area contributed by atoms with Crippen molar-refractivity contribution in [1.82, 2.24) is 9.55 Å². The molecule has 0 aliphatic heterocycles. The van der Waals surface area contributed by atoms with Crippen LogP contribution in [0.2, 0.25) is 0 Å². The third kappa shape index (κ3) is 1.84. The summed E-state index contributed by atoms with van der Waals surface area (Å²) in [6.45, 7) is 1.76. The summed E-state index contributed by atoms with van der Waals surface area (Å²) < 4.78 is 15.6. The zero-order valence-electron chi connectivity index (χ0n) is 10.7. The third-order valence-electron chi connectivity index (χ3n) is 3.16. The largest absolute Gasteiger partial charge is 0.478 e. The van der Waals surface area contributed by atoms with E-state index < -0.39 is 5.97 Å². The number of halogens is 1. The highest BCUT2D eigenvalue weighted by molar-refractivity contribution is 5.92. The van der Waals surface area contributed by atoms with Crippen LogP contribution in [0.4, 0.5) is 4.39 Å². The minimum absolute atomic E-state index is 0.163. The molecule has 20 heavy (non-hydrogen) atoms. The van der Waals surface area contributed by atoms with Crippen molar-refractivity contribution in [2.75, 3.05) is 0 Å². The van der Waals surface area contributed by atoms with Gasteiger partial charge in [0.2, 0.25) is 0 Å². The number of nitrogens with zero attached hydrogens (tertiary/aromatic N) is 2. The monoisotopic (exact) mass is 270 g/mol. The topological polar surface area (TPSA) is 55.1 Å². The summed E-state index contributed by atoms with van der Waals surface area (Å²) in [5, 5.41) is 8.99. The highest BCUT2D eigenvalue weighted by atomic mass is 19.1. The molecule has 0 aliphatic carbocycles. The summed E-state index contributed by atoms with van der Waals surface area (Å²) in [5.41, 5.74) is 1.77. The normalized spacial score (nSPS) is 10.9. The Kier molecular flexibility index (Phi) is 2.75. The van der Waals surface area contributed by atoms with Gasteiger partial charge >= 0.3 is 5.97 Å². The molecule has 0 spiro atoms. The van der Waals surface area contributed by atoms with Crippen LogP contribution in [-0.4, -0.2) is 20.6 Å². The minimum Gasteiger partial charge on any atom is -0.478 e. The Labute approximate surface area is 114 Å². The van der Waals surface area contributed by atoms with Crippen LogP contribution in [-0.2, 0) is 0 Å². The van der Waals surface area contributed by atoms with E-state index in [2.05, 4.69) is 4.98 Å². The fourth-order valence-corrected chi connectivity index (χ4v) is 2.27. The number of carboxylic acid groups (broad SMARTS) is 1. The van der Waals surface area contributed by atoms with Crippen LogP contribution in [0.3, 0.4) is 0 Å². The van der Waals surface area contributed by atoms with Crippen LogP contribution in [0.15, 0.2) is 42.5 Å². The van der Waals surface area contributed by atoms with Crippen LogP contribution in [0, 0.1) is 12.7 Å². The number of carbonyl (C=O) groups is 1. The summed E-state index contributed by atoms with van der Waals surface area (Å²) in [4.78, 5) is 15.3. The van der Waals surface area contributed by atoms with E-state index in [1.165, 1.54) is 18.2 Å². The molecular formula is C15H11FN2O2. The van der Waals surface area contributed by atoms with Gasteiger partial charge < -0.3 is 5.11 Å². The van der Waals surface area contributed by atoms with Gasteiger partial charge in [-0.15, -0.1) is 0 Å². The lowest BCUT2D eigenvalue weighted by molar-refractivity contribution is 0.0697. The fraction of sp³-hybridized carbons (Fsp3) is 0.0667. The molecule has 0 aliphatic rings. The molecule has 5 heteroatoms. The summed E-state index contributed by atoms with van der Waals surface area (Å²) in [5.74, 6) is -0.755. The van der Waals surface area contributed by atoms with Crippen molar-refractivity contribution in [1.29, 1.82) is 0 Å². The number of fused-ring (bicyclic) bond motifs is 1. The van der Waals surface area contributed by atoms with E-state index in [-0.39, 0.29) is 11.4 Å². The van der Waals surface area contributed by atoms with E-state index >= 15 is 0 Å². The molecule has 4 nitrogen and oxygen atoms in total. The summed E-state index contributed by atoms with van der Waals surface area (Å²) in [7, 11) is 0. The maximum Gasteiger partial charge on any atom is 0.335 e. The van der Waals surface area contributed by atoms with Crippen LogP contribution < -0.4 is 0 Å². The summed E-state index contributed by atoms with van der Waals surface area (Å²) in [6, 6.07) is 11.0. The van der Waals surface area contributed by atoms with Gasteiger partial charge in [0.05, 0.1) is 22.3 Å². The second-order valence-electron chi connectivity index (χ2n) is 4.45. The van der Waals surface area contributed by atoms with Gasteiger partial charge in [0.1, 0.15) is 11.6 Å². The number of imidazole rings is 1. The Morgan fingerprint density at radius 1 is 1.25 bits per heavy atom. The average molecular weight is 270 g/mol. The van der Waals surface area contributed by atoms with Gasteiger partial charge in [0, 0.05) is 0 Å². The number of hydrogen-bond donors (Lipinski definition) is 1.